The van der Waals surface area contributed by atoms with Crippen molar-refractivity contribution in [2.75, 3.05) is 13.7 Å². The molecule has 0 radical (unpaired) electrons. The highest BCUT2D eigenvalue weighted by Crippen LogP contribution is 2.77. The number of aliphatic hydroxyl groups is 3. The fourth-order valence-electron chi connectivity index (χ4n) is 8.22. The van der Waals surface area contributed by atoms with Crippen LogP contribution in [0.15, 0.2) is 53.6 Å². The molecule has 0 amide bonds. The number of rotatable bonds is 5. The first-order chi connectivity index (χ1) is 18.5. The first-order valence-electron chi connectivity index (χ1n) is 13.4. The van der Waals surface area contributed by atoms with Crippen LogP contribution in [-0.4, -0.2) is 63.8 Å². The Bertz CT molecular complexity index is 1300. The van der Waals surface area contributed by atoms with Gasteiger partial charge in [-0.2, -0.15) is 13.2 Å². The zero-order chi connectivity index (χ0) is 29.7. The zero-order valence-corrected chi connectivity index (χ0v) is 23.1. The van der Waals surface area contributed by atoms with Crippen molar-refractivity contribution in [3.8, 4) is 0 Å². The Kier molecular flexibility index (Phi) is 6.33. The molecule has 0 unspecified atom stereocenters. The van der Waals surface area contributed by atoms with E-state index in [1.807, 2.05) is 0 Å². The molecule has 10 heteroatoms. The summed E-state index contributed by atoms with van der Waals surface area (Å²) in [5.41, 5.74) is -9.16. The second-order valence-electron chi connectivity index (χ2n) is 12.5. The maximum Gasteiger partial charge on any atom is 0.432 e. The highest BCUT2D eigenvalue weighted by molar-refractivity contribution is 6.04. The van der Waals surface area contributed by atoms with Gasteiger partial charge in [-0.15, -0.1) is 0 Å². The van der Waals surface area contributed by atoms with Crippen molar-refractivity contribution in [3.63, 3.8) is 0 Å². The van der Waals surface area contributed by atoms with Crippen molar-refractivity contribution in [2.24, 2.45) is 29.1 Å². The molecule has 2 fully saturated rings. The fourth-order valence-corrected chi connectivity index (χ4v) is 8.22. The zero-order valence-electron chi connectivity index (χ0n) is 23.1. The van der Waals surface area contributed by atoms with Gasteiger partial charge in [-0.25, -0.2) is 4.79 Å². The normalized spacial score (nSPS) is 39.5. The number of esters is 1. The molecule has 5 rings (SSSR count). The third kappa shape index (κ3) is 3.39. The van der Waals surface area contributed by atoms with E-state index < -0.39 is 81.6 Å². The lowest BCUT2D eigenvalue weighted by molar-refractivity contribution is -0.281. The summed E-state index contributed by atoms with van der Waals surface area (Å²) < 4.78 is 54.8. The predicted molar refractivity (Wildman–Crippen MR) is 136 cm³/mol. The fraction of sp³-hybridized carbons (Fsp3) is 0.600. The van der Waals surface area contributed by atoms with Crippen molar-refractivity contribution < 1.29 is 47.6 Å². The van der Waals surface area contributed by atoms with E-state index in [1.165, 1.54) is 18.2 Å². The van der Waals surface area contributed by atoms with Crippen LogP contribution in [0.4, 0.5) is 13.2 Å². The summed E-state index contributed by atoms with van der Waals surface area (Å²) in [6, 6.07) is 6.58. The molecule has 0 aliphatic heterocycles. The smallest absolute Gasteiger partial charge is 0.432 e. The quantitative estimate of drug-likeness (QED) is 0.370. The Hall–Kier alpha value is -2.53. The van der Waals surface area contributed by atoms with E-state index in [9.17, 15) is 38.1 Å². The van der Waals surface area contributed by atoms with Crippen LogP contribution in [0.25, 0.3) is 0 Å². The van der Waals surface area contributed by atoms with Crippen LogP contribution in [0.3, 0.4) is 0 Å². The molecule has 0 heterocycles. The van der Waals surface area contributed by atoms with Crippen molar-refractivity contribution in [3.05, 3.63) is 59.2 Å². The topological polar surface area (TPSA) is 113 Å². The number of carbonyl (C=O) groups excluding carboxylic acids is 2. The first-order valence-corrected chi connectivity index (χ1v) is 13.4. The van der Waals surface area contributed by atoms with Gasteiger partial charge in [0.15, 0.2) is 5.78 Å². The van der Waals surface area contributed by atoms with Gasteiger partial charge < -0.3 is 24.8 Å². The number of hydrogen-bond acceptors (Lipinski definition) is 7. The van der Waals surface area contributed by atoms with E-state index in [4.69, 9.17) is 9.47 Å². The molecule has 0 bridgehead atoms. The largest absolute Gasteiger partial charge is 0.455 e. The lowest BCUT2D eigenvalue weighted by Crippen LogP contribution is -2.61. The van der Waals surface area contributed by atoms with E-state index in [0.717, 1.165) is 19.2 Å². The lowest BCUT2D eigenvalue weighted by atomic mass is 9.60. The number of ether oxygens (including phenoxy) is 2. The first kappa shape index (κ1) is 29.0. The van der Waals surface area contributed by atoms with Crippen LogP contribution in [-0.2, 0) is 24.7 Å². The highest BCUT2D eigenvalue weighted by atomic mass is 19.4. The Labute approximate surface area is 230 Å². The predicted octanol–water partition coefficient (Wildman–Crippen LogP) is 3.61. The molecule has 0 spiro atoms. The van der Waals surface area contributed by atoms with Gasteiger partial charge in [-0.05, 0) is 30.4 Å². The summed E-state index contributed by atoms with van der Waals surface area (Å²) in [7, 11) is 0.811. The number of benzene rings is 1. The monoisotopic (exact) mass is 564 g/mol. The van der Waals surface area contributed by atoms with Crippen LogP contribution in [0.1, 0.15) is 46.1 Å². The average molecular weight is 565 g/mol. The summed E-state index contributed by atoms with van der Waals surface area (Å²) in [4.78, 5) is 26.8. The van der Waals surface area contributed by atoms with Gasteiger partial charge in [0.1, 0.15) is 11.2 Å². The molecule has 4 aliphatic rings. The van der Waals surface area contributed by atoms with Gasteiger partial charge in [0.05, 0.1) is 12.2 Å². The maximum atomic E-state index is 14.6. The van der Waals surface area contributed by atoms with E-state index >= 15 is 0 Å². The van der Waals surface area contributed by atoms with E-state index in [-0.39, 0.29) is 12.8 Å². The summed E-state index contributed by atoms with van der Waals surface area (Å²) in [5.74, 6) is -5.38. The molecule has 1 aromatic rings. The van der Waals surface area contributed by atoms with Gasteiger partial charge in [0, 0.05) is 42.3 Å². The van der Waals surface area contributed by atoms with Crippen LogP contribution in [0.5, 0.6) is 0 Å². The van der Waals surface area contributed by atoms with Gasteiger partial charge in [-0.1, -0.05) is 63.3 Å². The third-order valence-electron chi connectivity index (χ3n) is 10.3. The Morgan fingerprint density at radius 3 is 2.30 bits per heavy atom. The Morgan fingerprint density at radius 2 is 1.75 bits per heavy atom. The summed E-state index contributed by atoms with van der Waals surface area (Å²) in [6.45, 7) is 6.27. The molecule has 4 aliphatic carbocycles. The second-order valence-corrected chi connectivity index (χ2v) is 12.5. The number of hydrogen-bond donors (Lipinski definition) is 3. The van der Waals surface area contributed by atoms with Gasteiger partial charge in [0.25, 0.3) is 5.60 Å². The van der Waals surface area contributed by atoms with Crippen molar-refractivity contribution in [1.82, 2.24) is 0 Å². The average Bonchev–Trinajstić information content (AvgIpc) is 3.28. The van der Waals surface area contributed by atoms with Crippen molar-refractivity contribution >= 4 is 11.8 Å². The molecule has 8 atom stereocenters. The minimum Gasteiger partial charge on any atom is -0.455 e. The van der Waals surface area contributed by atoms with Crippen LogP contribution in [0.2, 0.25) is 0 Å². The second kappa shape index (κ2) is 8.74. The number of methoxy groups -OCH3 is 1. The molecule has 2 saturated carbocycles. The molecule has 0 aromatic heterocycles. The maximum absolute atomic E-state index is 14.6. The number of halogens is 3. The minimum absolute atomic E-state index is 0.00813. The number of carbonyl (C=O) groups is 2. The summed E-state index contributed by atoms with van der Waals surface area (Å²) >= 11 is 0. The number of fused-ring (bicyclic) bond motifs is 5. The van der Waals surface area contributed by atoms with Crippen molar-refractivity contribution in [2.45, 2.75) is 69.1 Å². The summed E-state index contributed by atoms with van der Waals surface area (Å²) in [5, 5.41) is 34.1. The molecule has 218 valence electrons. The SMILES string of the molecule is CO[C@](C(=O)O[C@@]12C[C@@H](C)[C@@]3(O)[C@@H](C=C(CO)C[C@]4(O)C(=O)C(C)=C[C@@H]34)[C@@H]1C2(C)C)(c1ccccc1)C(F)(F)F. The van der Waals surface area contributed by atoms with Gasteiger partial charge in [-0.3, -0.25) is 4.79 Å². The Morgan fingerprint density at radius 1 is 1.12 bits per heavy atom. The van der Waals surface area contributed by atoms with Crippen LogP contribution >= 0.6 is 0 Å². The molecular weight excluding hydrogens is 529 g/mol. The van der Waals surface area contributed by atoms with E-state index in [1.54, 1.807) is 39.8 Å². The number of Topliss-reactive ketones (excluding diaryl/α,β-unsaturated/α-hetero) is 1. The number of aliphatic hydroxyl groups excluding tert-OH is 1. The lowest BCUT2D eigenvalue weighted by Gasteiger charge is -2.50. The van der Waals surface area contributed by atoms with Crippen LogP contribution in [0, 0.1) is 29.1 Å². The Balaban J connectivity index is 1.61. The van der Waals surface area contributed by atoms with Crippen LogP contribution < -0.4 is 0 Å². The molecule has 40 heavy (non-hydrogen) atoms. The van der Waals surface area contributed by atoms with E-state index in [2.05, 4.69) is 0 Å². The molecular formula is C30H35F3O7. The molecule has 0 saturated heterocycles. The number of ketones is 1. The van der Waals surface area contributed by atoms with Crippen molar-refractivity contribution in [1.29, 1.82) is 0 Å². The number of alkyl halides is 3. The molecule has 3 N–H and O–H groups in total. The molecule has 7 nitrogen and oxygen atoms in total. The minimum atomic E-state index is -5.15. The summed E-state index contributed by atoms with van der Waals surface area (Å²) in [6.07, 6.45) is -2.17. The van der Waals surface area contributed by atoms with Gasteiger partial charge >= 0.3 is 12.1 Å². The third-order valence-corrected chi connectivity index (χ3v) is 10.3. The molecule has 1 aromatic carbocycles. The van der Waals surface area contributed by atoms with Gasteiger partial charge in [0.2, 0.25) is 0 Å². The standard InChI is InChI=1S/C30H35F3O7/c1-16-11-21-26(37,23(16)35)14-18(15-34)12-20-22-25(3,4)27(22,13-17(2)28(20,21)38)40-24(36)29(39-5,30(31,32)33)19-9-7-6-8-10-19/h6-12,17,20-22,34,37-38H,13-15H2,1-5H3/t17-,20+,21-,22-,26-,27+,28-,29+/m1/s1. The van der Waals surface area contributed by atoms with E-state index in [0.29, 0.717) is 11.1 Å². The highest BCUT2D eigenvalue weighted by Gasteiger charge is 2.84.